The molecular weight excluding hydrogens is 194 g/mol. The summed E-state index contributed by atoms with van der Waals surface area (Å²) in [5, 5.41) is 0. The highest BCUT2D eigenvalue weighted by Gasteiger charge is 2.21. The van der Waals surface area contributed by atoms with E-state index in [0.717, 1.165) is 6.04 Å². The van der Waals surface area contributed by atoms with E-state index in [1.165, 1.54) is 90.1 Å². The summed E-state index contributed by atoms with van der Waals surface area (Å²) in [5.74, 6) is 0. The molecule has 16 heavy (non-hydrogen) atoms. The van der Waals surface area contributed by atoms with Gasteiger partial charge in [-0.05, 0) is 38.8 Å². The molecule has 0 amide bonds. The monoisotopic (exact) mass is 223 g/mol. The molecule has 0 aromatic carbocycles. The molecule has 0 saturated carbocycles. The van der Waals surface area contributed by atoms with Crippen molar-refractivity contribution in [3.63, 3.8) is 0 Å². The van der Waals surface area contributed by atoms with Crippen LogP contribution in [-0.2, 0) is 0 Å². The van der Waals surface area contributed by atoms with Gasteiger partial charge in [0.2, 0.25) is 0 Å². The van der Waals surface area contributed by atoms with Crippen LogP contribution in [0.25, 0.3) is 0 Å². The van der Waals surface area contributed by atoms with Crippen molar-refractivity contribution in [2.45, 2.75) is 83.1 Å². The summed E-state index contributed by atoms with van der Waals surface area (Å²) in [6.45, 7) is 2.79. The highest BCUT2D eigenvalue weighted by molar-refractivity contribution is 4.77. The molecule has 1 nitrogen and oxygen atoms in total. The molecule has 2 heterocycles. The highest BCUT2D eigenvalue weighted by atomic mass is 15.2. The molecule has 0 aliphatic carbocycles. The topological polar surface area (TPSA) is 3.24 Å². The zero-order valence-corrected chi connectivity index (χ0v) is 10.9. The van der Waals surface area contributed by atoms with Gasteiger partial charge in [0.1, 0.15) is 0 Å². The molecule has 1 unspecified atom stereocenters. The van der Waals surface area contributed by atoms with Crippen molar-refractivity contribution in [1.29, 1.82) is 0 Å². The lowest BCUT2D eigenvalue weighted by Crippen LogP contribution is -2.40. The smallest absolute Gasteiger partial charge is 0.00952 e. The van der Waals surface area contributed by atoms with Crippen LogP contribution in [0.15, 0.2) is 0 Å². The molecule has 2 rings (SSSR count). The lowest BCUT2D eigenvalue weighted by Gasteiger charge is -2.36. The first-order valence-electron chi connectivity index (χ1n) is 7.71. The van der Waals surface area contributed by atoms with Gasteiger partial charge in [0.05, 0.1) is 0 Å². The van der Waals surface area contributed by atoms with Crippen molar-refractivity contribution in [1.82, 2.24) is 4.90 Å². The number of hydrogen-bond acceptors (Lipinski definition) is 1. The Morgan fingerprint density at radius 2 is 0.938 bits per heavy atom. The van der Waals surface area contributed by atoms with Crippen molar-refractivity contribution in [2.24, 2.45) is 0 Å². The Morgan fingerprint density at radius 3 is 1.62 bits per heavy atom. The van der Waals surface area contributed by atoms with Gasteiger partial charge in [0, 0.05) is 6.04 Å². The summed E-state index contributed by atoms with van der Waals surface area (Å²) >= 11 is 0. The molecule has 0 N–H and O–H groups in total. The molecule has 2 saturated heterocycles. The van der Waals surface area contributed by atoms with Gasteiger partial charge in [0.15, 0.2) is 0 Å². The Labute approximate surface area is 102 Å². The first-order chi connectivity index (χ1) is 7.97. The molecule has 2 fully saturated rings. The summed E-state index contributed by atoms with van der Waals surface area (Å²) in [4.78, 5) is 2.81. The van der Waals surface area contributed by atoms with Crippen LogP contribution in [0.5, 0.6) is 0 Å². The van der Waals surface area contributed by atoms with E-state index in [-0.39, 0.29) is 0 Å². The first kappa shape index (κ1) is 12.4. The minimum Gasteiger partial charge on any atom is -0.300 e. The van der Waals surface area contributed by atoms with Crippen molar-refractivity contribution >= 4 is 0 Å². The second-order valence-electron chi connectivity index (χ2n) is 5.80. The van der Waals surface area contributed by atoms with Crippen LogP contribution in [0.4, 0.5) is 0 Å². The van der Waals surface area contributed by atoms with Crippen molar-refractivity contribution in [3.05, 3.63) is 0 Å². The summed E-state index contributed by atoms with van der Waals surface area (Å²) in [5.41, 5.74) is 0. The molecule has 0 aromatic rings. The Hall–Kier alpha value is -0.0400. The third-order valence-electron chi connectivity index (χ3n) is 4.48. The van der Waals surface area contributed by atoms with E-state index >= 15 is 0 Å². The van der Waals surface area contributed by atoms with E-state index in [4.69, 9.17) is 0 Å². The Morgan fingerprint density at radius 1 is 0.500 bits per heavy atom. The van der Waals surface area contributed by atoms with E-state index in [2.05, 4.69) is 4.90 Å². The maximum absolute atomic E-state index is 2.81. The second-order valence-corrected chi connectivity index (χ2v) is 5.80. The van der Waals surface area contributed by atoms with Gasteiger partial charge < -0.3 is 4.90 Å². The summed E-state index contributed by atoms with van der Waals surface area (Å²) in [6.07, 6.45) is 17.8. The third-order valence-corrected chi connectivity index (χ3v) is 4.48. The highest BCUT2D eigenvalue weighted by Crippen LogP contribution is 2.23. The molecule has 1 heteroatoms. The first-order valence-corrected chi connectivity index (χ1v) is 7.71. The van der Waals surface area contributed by atoms with Crippen molar-refractivity contribution in [2.75, 3.05) is 13.1 Å². The molecule has 0 bridgehead atoms. The summed E-state index contributed by atoms with van der Waals surface area (Å²) < 4.78 is 0. The van der Waals surface area contributed by atoms with Crippen molar-refractivity contribution < 1.29 is 0 Å². The number of nitrogens with zero attached hydrogens (tertiary/aromatic N) is 1. The minimum absolute atomic E-state index is 0.952. The van der Waals surface area contributed by atoms with Crippen LogP contribution in [0.3, 0.4) is 0 Å². The molecular formula is C15H29N. The molecule has 0 spiro atoms. The predicted molar refractivity (Wildman–Crippen MR) is 70.8 cm³/mol. The third kappa shape index (κ3) is 4.08. The fourth-order valence-electron chi connectivity index (χ4n) is 3.44. The summed E-state index contributed by atoms with van der Waals surface area (Å²) in [6, 6.07) is 0.952. The molecule has 94 valence electrons. The van der Waals surface area contributed by atoms with Gasteiger partial charge in [-0.3, -0.25) is 0 Å². The summed E-state index contributed by atoms with van der Waals surface area (Å²) in [7, 11) is 0. The number of rotatable bonds is 0. The van der Waals surface area contributed by atoms with E-state index in [1.54, 1.807) is 0 Å². The maximum Gasteiger partial charge on any atom is 0.00952 e. The average Bonchev–Trinajstić information content (AvgIpc) is 2.30. The van der Waals surface area contributed by atoms with Gasteiger partial charge in [-0.15, -0.1) is 0 Å². The largest absolute Gasteiger partial charge is 0.300 e. The lowest BCUT2D eigenvalue weighted by molar-refractivity contribution is 0.134. The Balaban J connectivity index is 1.79. The van der Waals surface area contributed by atoms with E-state index in [0.29, 0.717) is 0 Å². The van der Waals surface area contributed by atoms with Gasteiger partial charge in [-0.1, -0.05) is 51.4 Å². The predicted octanol–water partition coefficient (Wildman–Crippen LogP) is 4.37. The van der Waals surface area contributed by atoms with E-state index < -0.39 is 0 Å². The molecule has 1 atom stereocenters. The van der Waals surface area contributed by atoms with E-state index in [1.807, 2.05) is 0 Å². The quantitative estimate of drug-likeness (QED) is 0.589. The van der Waals surface area contributed by atoms with Crippen LogP contribution in [0.2, 0.25) is 0 Å². The second kappa shape index (κ2) is 7.32. The Kier molecular flexibility index (Phi) is 5.68. The van der Waals surface area contributed by atoms with Gasteiger partial charge in [-0.2, -0.15) is 0 Å². The zero-order chi connectivity index (χ0) is 11.1. The maximum atomic E-state index is 2.81. The van der Waals surface area contributed by atoms with Crippen molar-refractivity contribution in [3.8, 4) is 0 Å². The normalized spacial score (nSPS) is 31.1. The number of piperidine rings is 1. The van der Waals surface area contributed by atoms with Crippen LogP contribution in [-0.4, -0.2) is 24.0 Å². The lowest BCUT2D eigenvalue weighted by atomic mass is 9.95. The van der Waals surface area contributed by atoms with Gasteiger partial charge in [-0.25, -0.2) is 0 Å². The van der Waals surface area contributed by atoms with E-state index in [9.17, 15) is 0 Å². The van der Waals surface area contributed by atoms with Crippen LogP contribution >= 0.6 is 0 Å². The van der Waals surface area contributed by atoms with Gasteiger partial charge in [0.25, 0.3) is 0 Å². The molecule has 0 aromatic heterocycles. The SMILES string of the molecule is C1CCCCCN2CCCCC2CCCC1. The molecule has 0 radical (unpaired) electrons. The number of hydrogen-bond donors (Lipinski definition) is 0. The van der Waals surface area contributed by atoms with Gasteiger partial charge >= 0.3 is 0 Å². The fourth-order valence-corrected chi connectivity index (χ4v) is 3.44. The Bertz CT molecular complexity index is 158. The standard InChI is InChI=1S/C15H29N/c1-2-4-6-9-13-16-14-10-8-12-15(16)11-7-5-3-1/h15H,1-14H2. The fraction of sp³-hybridized carbons (Fsp3) is 1.00. The molecule has 2 aliphatic heterocycles. The minimum atomic E-state index is 0.952. The van der Waals surface area contributed by atoms with Crippen LogP contribution in [0.1, 0.15) is 77.0 Å². The molecule has 2 aliphatic rings. The van der Waals surface area contributed by atoms with Crippen LogP contribution < -0.4 is 0 Å². The number of fused-ring (bicyclic) bond motifs is 1. The van der Waals surface area contributed by atoms with Crippen LogP contribution in [0, 0.1) is 0 Å². The zero-order valence-electron chi connectivity index (χ0n) is 10.9. The average molecular weight is 223 g/mol.